The van der Waals surface area contributed by atoms with E-state index in [1.807, 2.05) is 42.5 Å². The van der Waals surface area contributed by atoms with Crippen molar-refractivity contribution < 1.29 is 47.8 Å². The van der Waals surface area contributed by atoms with Gasteiger partial charge in [-0.3, -0.25) is 14.5 Å². The summed E-state index contributed by atoms with van der Waals surface area (Å²) in [6, 6.07) is 37.9. The summed E-state index contributed by atoms with van der Waals surface area (Å²) in [5.74, 6) is 0.366. The molecule has 1 fully saturated rings. The molecule has 0 spiro atoms. The van der Waals surface area contributed by atoms with Gasteiger partial charge in [-0.2, -0.15) is 0 Å². The van der Waals surface area contributed by atoms with Crippen molar-refractivity contribution in [1.82, 2.24) is 10.2 Å². The van der Waals surface area contributed by atoms with Crippen LogP contribution in [0.25, 0.3) is 0 Å². The molecule has 2 atom stereocenters. The molecule has 2 amide bonds. The maximum Gasteiger partial charge on any atom is 0.355 e. The second-order valence-electron chi connectivity index (χ2n) is 10.5. The van der Waals surface area contributed by atoms with Gasteiger partial charge in [0.25, 0.3) is 5.91 Å². The lowest BCUT2D eigenvalue weighted by molar-refractivity contribution is -0.152. The zero-order valence-electron chi connectivity index (χ0n) is 24.5. The Morgan fingerprint density at radius 2 is 1.42 bits per heavy atom. The first-order valence-electron chi connectivity index (χ1n) is 14.3. The van der Waals surface area contributed by atoms with E-state index >= 15 is 0 Å². The largest absolute Gasteiger partial charge is 1.00 e. The van der Waals surface area contributed by atoms with Gasteiger partial charge in [0.15, 0.2) is 0 Å². The molecule has 7 nitrogen and oxygen atoms in total. The first-order chi connectivity index (χ1) is 21.6. The van der Waals surface area contributed by atoms with Gasteiger partial charge in [0.05, 0.1) is 13.3 Å². The summed E-state index contributed by atoms with van der Waals surface area (Å²) >= 11 is 1.56. The first-order valence-corrected chi connectivity index (χ1v) is 17.3. The number of thioether (sulfide) groups is 1. The Morgan fingerprint density at radius 3 is 1.91 bits per heavy atom. The summed E-state index contributed by atoms with van der Waals surface area (Å²) in [7, 11) is -0.760. The molecule has 2 aliphatic heterocycles. The molecule has 0 unspecified atom stereocenters. The Labute approximate surface area is 284 Å². The van der Waals surface area contributed by atoms with Crippen molar-refractivity contribution in [1.29, 1.82) is 0 Å². The van der Waals surface area contributed by atoms with E-state index in [1.54, 1.807) is 18.9 Å². The van der Waals surface area contributed by atoms with Gasteiger partial charge < -0.3 is 38.8 Å². The zero-order valence-corrected chi connectivity index (χ0v) is 28.4. The predicted octanol–water partition coefficient (Wildman–Crippen LogP) is 1.02. The number of benzene rings is 4. The number of carbonyl (C=O) groups is 3. The number of nitrogens with zero attached hydrogens (tertiary/aromatic N) is 1. The maximum absolute atomic E-state index is 14.0. The lowest BCUT2D eigenvalue weighted by Crippen LogP contribution is -3.00. The molecule has 6 rings (SSSR count). The zero-order chi connectivity index (χ0) is 30.5. The van der Waals surface area contributed by atoms with Gasteiger partial charge in [-0.15, -0.1) is 11.8 Å². The van der Waals surface area contributed by atoms with Crippen molar-refractivity contribution in [3.63, 3.8) is 0 Å². The van der Waals surface area contributed by atoms with Gasteiger partial charge in [-0.1, -0.05) is 66.7 Å². The van der Waals surface area contributed by atoms with E-state index in [2.05, 4.69) is 78.1 Å². The Kier molecular flexibility index (Phi) is 10.6. The molecule has 10 heteroatoms. The quantitative estimate of drug-likeness (QED) is 0.0812. The molecule has 0 radical (unpaired) electrons. The summed E-state index contributed by atoms with van der Waals surface area (Å²) in [6.45, 7) is 0.0474. The average Bonchev–Trinajstić information content (AvgIpc) is 3.09. The Morgan fingerprint density at radius 1 is 0.889 bits per heavy atom. The number of amides is 2. The van der Waals surface area contributed by atoms with Gasteiger partial charge in [-0.05, 0) is 54.1 Å². The number of hydrogen-bond donors (Lipinski definition) is 1. The number of halogens is 1. The minimum atomic E-state index is -2.36. The van der Waals surface area contributed by atoms with Crippen LogP contribution in [0.1, 0.15) is 5.56 Å². The molecule has 0 bridgehead atoms. The maximum atomic E-state index is 14.0. The molecule has 0 saturated carbocycles. The number of esters is 1. The number of methoxy groups -OCH3 is 1. The third-order valence-corrected chi connectivity index (χ3v) is 13.8. The molecule has 45 heavy (non-hydrogen) atoms. The molecule has 2 heterocycles. The molecule has 1 saturated heterocycles. The SMILES string of the molecule is COc1ccc(COC(=O)C2=C(C[P+](c3ccccc3)(c3ccccc3)c3ccccc3)CS[C@H]3[C@H](NC=O)C(=O)N23)cc1.[I-]. The fourth-order valence-corrected chi connectivity index (χ4v) is 11.7. The van der Waals surface area contributed by atoms with Crippen molar-refractivity contribution in [3.8, 4) is 5.75 Å². The average molecular weight is 751 g/mol. The van der Waals surface area contributed by atoms with Crippen molar-refractivity contribution in [2.24, 2.45) is 0 Å². The summed E-state index contributed by atoms with van der Waals surface area (Å²) in [4.78, 5) is 40.2. The van der Waals surface area contributed by atoms with Gasteiger partial charge in [-0.25, -0.2) is 4.79 Å². The molecular formula is C35H32IN2O5PS. The molecule has 2 aliphatic rings. The van der Waals surface area contributed by atoms with E-state index in [1.165, 1.54) is 20.8 Å². The summed E-state index contributed by atoms with van der Waals surface area (Å²) in [5, 5.41) is 5.79. The first kappa shape index (κ1) is 32.7. The molecule has 230 valence electrons. The highest BCUT2D eigenvalue weighted by atomic mass is 127. The van der Waals surface area contributed by atoms with Crippen LogP contribution in [0.4, 0.5) is 0 Å². The number of nitrogens with one attached hydrogen (secondary N) is 1. The lowest BCUT2D eigenvalue weighted by atomic mass is 10.0. The lowest BCUT2D eigenvalue weighted by Gasteiger charge is -2.49. The van der Waals surface area contributed by atoms with Crippen LogP contribution in [0.3, 0.4) is 0 Å². The molecule has 0 aliphatic carbocycles. The van der Waals surface area contributed by atoms with Crippen LogP contribution in [-0.2, 0) is 25.7 Å². The Balaban J connectivity index is 0.00000400. The molecule has 0 aromatic heterocycles. The van der Waals surface area contributed by atoms with Crippen LogP contribution >= 0.6 is 19.0 Å². The van der Waals surface area contributed by atoms with Crippen LogP contribution in [0.5, 0.6) is 5.75 Å². The molecule has 4 aromatic rings. The van der Waals surface area contributed by atoms with E-state index in [4.69, 9.17) is 9.47 Å². The van der Waals surface area contributed by atoms with E-state index < -0.39 is 19.3 Å². The fraction of sp³-hybridized carbons (Fsp3) is 0.171. The fourth-order valence-electron chi connectivity index (χ4n) is 5.88. The third-order valence-electron chi connectivity index (χ3n) is 8.04. The molecular weight excluding hydrogens is 718 g/mol. The number of hydrogen-bond acceptors (Lipinski definition) is 6. The second-order valence-corrected chi connectivity index (χ2v) is 15.1. The van der Waals surface area contributed by atoms with Gasteiger partial charge in [0.2, 0.25) is 6.41 Å². The Bertz CT molecular complexity index is 1580. The van der Waals surface area contributed by atoms with Crippen LogP contribution in [-0.4, -0.2) is 53.6 Å². The third kappa shape index (κ3) is 6.39. The summed E-state index contributed by atoms with van der Waals surface area (Å²) < 4.78 is 11.1. The molecule has 4 aromatic carbocycles. The standard InChI is InChI=1S/C35H31N2O5PS.HI/c1-41-27-19-17-25(18-20-27)21-42-35(40)32-26(23-44-34-31(36-24-38)33(39)37(32)34)22-43(28-11-5-2-6-12-28,29-13-7-3-8-14-29)30-15-9-4-10-16-30;/h2-20,24,31,34H,21-23H2,1H3;1H/t31-,34+;/m1./s1. The van der Waals surface area contributed by atoms with Crippen LogP contribution in [0.15, 0.2) is 127 Å². The van der Waals surface area contributed by atoms with Gasteiger partial charge in [0.1, 0.15) is 52.6 Å². The minimum absolute atomic E-state index is 0. The highest BCUT2D eigenvalue weighted by Gasteiger charge is 2.56. The van der Waals surface area contributed by atoms with Gasteiger partial charge >= 0.3 is 5.97 Å². The van der Waals surface area contributed by atoms with Gasteiger partial charge in [0, 0.05) is 11.3 Å². The monoisotopic (exact) mass is 750 g/mol. The highest BCUT2D eigenvalue weighted by Crippen LogP contribution is 2.58. The number of fused-ring (bicyclic) bond motifs is 1. The molecule has 1 N–H and O–H groups in total. The summed E-state index contributed by atoms with van der Waals surface area (Å²) in [6.07, 6.45) is 1.09. The topological polar surface area (TPSA) is 84.9 Å². The number of carbonyl (C=O) groups excluding carboxylic acids is 3. The van der Waals surface area contributed by atoms with Crippen molar-refractivity contribution in [2.75, 3.05) is 19.0 Å². The van der Waals surface area contributed by atoms with E-state index in [-0.39, 0.29) is 47.6 Å². The normalized spacial score (nSPS) is 17.4. The number of rotatable bonds is 11. The Hall–Kier alpha value is -3.66. The highest BCUT2D eigenvalue weighted by molar-refractivity contribution is 8.00. The summed E-state index contributed by atoms with van der Waals surface area (Å²) in [5.41, 5.74) is 1.94. The van der Waals surface area contributed by atoms with Crippen LogP contribution in [0, 0.1) is 0 Å². The van der Waals surface area contributed by atoms with E-state index in [9.17, 15) is 14.4 Å². The minimum Gasteiger partial charge on any atom is -1.00 e. The van der Waals surface area contributed by atoms with Crippen molar-refractivity contribution in [2.45, 2.75) is 18.0 Å². The van der Waals surface area contributed by atoms with Crippen molar-refractivity contribution in [3.05, 3.63) is 132 Å². The van der Waals surface area contributed by atoms with Crippen LogP contribution in [0.2, 0.25) is 0 Å². The predicted molar refractivity (Wildman–Crippen MR) is 176 cm³/mol. The van der Waals surface area contributed by atoms with E-state index in [0.29, 0.717) is 24.1 Å². The van der Waals surface area contributed by atoms with Crippen molar-refractivity contribution >= 4 is 53.2 Å². The van der Waals surface area contributed by atoms with Crippen LogP contribution < -0.4 is 49.9 Å². The smallest absolute Gasteiger partial charge is 0.355 e. The number of β-lactam (4-membered cyclic amide) rings is 1. The van der Waals surface area contributed by atoms with E-state index in [0.717, 1.165) is 11.1 Å². The second kappa shape index (κ2) is 14.6. The number of ether oxygens (including phenoxy) is 2.